The number of hydrogen-bond acceptors (Lipinski definition) is 1. The molecule has 1 aliphatic rings. The van der Waals surface area contributed by atoms with E-state index in [1.165, 1.54) is 10.5 Å². The first-order valence-electron chi connectivity index (χ1n) is 5.73. The highest BCUT2D eigenvalue weighted by Crippen LogP contribution is 2.35. The molecule has 0 spiro atoms. The molecule has 2 aromatic carbocycles. The van der Waals surface area contributed by atoms with Crippen molar-refractivity contribution in [2.24, 2.45) is 0 Å². The van der Waals surface area contributed by atoms with E-state index in [2.05, 4.69) is 24.3 Å². The fourth-order valence-corrected chi connectivity index (χ4v) is 3.36. The molecule has 0 atom stereocenters. The van der Waals surface area contributed by atoms with E-state index >= 15 is 0 Å². The number of aryl methyl sites for hydroxylation is 1. The molecule has 2 aromatic rings. The number of thioether (sulfide) groups is 1. The van der Waals surface area contributed by atoms with Crippen LogP contribution in [0.3, 0.4) is 0 Å². The Kier molecular flexibility index (Phi) is 2.67. The Hall–Kier alpha value is -1.28. The van der Waals surface area contributed by atoms with Gasteiger partial charge in [0.2, 0.25) is 0 Å². The van der Waals surface area contributed by atoms with Gasteiger partial charge in [-0.15, -0.1) is 11.8 Å². The zero-order chi connectivity index (χ0) is 11.8. The van der Waals surface area contributed by atoms with E-state index in [1.807, 2.05) is 19.1 Å². The summed E-state index contributed by atoms with van der Waals surface area (Å²) < 4.78 is 14.1. The summed E-state index contributed by atoms with van der Waals surface area (Å²) in [5.74, 6) is 0.711. The predicted molar refractivity (Wildman–Crippen MR) is 69.9 cm³/mol. The molecule has 2 heteroatoms. The minimum Gasteiger partial charge on any atom is -0.206 e. The van der Waals surface area contributed by atoms with Crippen molar-refractivity contribution < 1.29 is 4.39 Å². The van der Waals surface area contributed by atoms with Gasteiger partial charge in [0, 0.05) is 16.2 Å². The lowest BCUT2D eigenvalue weighted by molar-refractivity contribution is 0.606. The summed E-state index contributed by atoms with van der Waals surface area (Å²) in [6.07, 6.45) is 0.843. The average Bonchev–Trinajstić information content (AvgIpc) is 2.53. The monoisotopic (exact) mass is 244 g/mol. The molecule has 17 heavy (non-hydrogen) atoms. The van der Waals surface area contributed by atoms with Crippen molar-refractivity contribution in [2.75, 3.05) is 0 Å². The van der Waals surface area contributed by atoms with Crippen LogP contribution in [-0.2, 0) is 12.2 Å². The molecule has 0 amide bonds. The number of benzene rings is 2. The van der Waals surface area contributed by atoms with E-state index < -0.39 is 0 Å². The van der Waals surface area contributed by atoms with Gasteiger partial charge in [0.15, 0.2) is 0 Å². The van der Waals surface area contributed by atoms with Crippen LogP contribution in [0.4, 0.5) is 4.39 Å². The number of hydrogen-bond donors (Lipinski definition) is 0. The smallest absolute Gasteiger partial charge is 0.130 e. The molecule has 0 fully saturated rings. The second kappa shape index (κ2) is 4.19. The lowest BCUT2D eigenvalue weighted by Gasteiger charge is -2.08. The van der Waals surface area contributed by atoms with E-state index in [0.29, 0.717) is 0 Å². The number of rotatable bonds is 0. The highest BCUT2D eigenvalue weighted by molar-refractivity contribution is 7.98. The van der Waals surface area contributed by atoms with E-state index in [4.69, 9.17) is 0 Å². The summed E-state index contributed by atoms with van der Waals surface area (Å²) in [6, 6.07) is 12.3. The van der Waals surface area contributed by atoms with Crippen molar-refractivity contribution in [3.05, 3.63) is 64.5 Å². The molecule has 0 N–H and O–H groups in total. The van der Waals surface area contributed by atoms with E-state index in [-0.39, 0.29) is 5.82 Å². The van der Waals surface area contributed by atoms with Gasteiger partial charge in [-0.05, 0) is 36.1 Å². The van der Waals surface area contributed by atoms with Crippen LogP contribution in [0.1, 0.15) is 22.3 Å². The van der Waals surface area contributed by atoms with E-state index in [1.54, 1.807) is 11.8 Å². The van der Waals surface area contributed by atoms with E-state index in [0.717, 1.165) is 28.9 Å². The summed E-state index contributed by atoms with van der Waals surface area (Å²) in [7, 11) is 0. The second-order valence-corrected chi connectivity index (χ2v) is 5.42. The van der Waals surface area contributed by atoms with Crippen LogP contribution in [0.5, 0.6) is 0 Å². The van der Waals surface area contributed by atoms with Gasteiger partial charge in [-0.3, -0.25) is 0 Å². The first kappa shape index (κ1) is 10.8. The van der Waals surface area contributed by atoms with E-state index in [9.17, 15) is 4.39 Å². The van der Waals surface area contributed by atoms with Gasteiger partial charge in [0.25, 0.3) is 0 Å². The topological polar surface area (TPSA) is 0 Å². The number of halogens is 1. The quantitative estimate of drug-likeness (QED) is 0.664. The number of fused-ring (bicyclic) bond motifs is 2. The van der Waals surface area contributed by atoms with Gasteiger partial charge in [-0.2, -0.15) is 0 Å². The highest BCUT2D eigenvalue weighted by Gasteiger charge is 2.17. The molecular formula is C15H13FS. The Labute approximate surface area is 105 Å². The molecule has 1 aliphatic heterocycles. The van der Waals surface area contributed by atoms with Gasteiger partial charge in [0.05, 0.1) is 0 Å². The predicted octanol–water partition coefficient (Wildman–Crippen LogP) is 4.33. The molecule has 0 aliphatic carbocycles. The van der Waals surface area contributed by atoms with Crippen molar-refractivity contribution in [3.63, 3.8) is 0 Å². The normalized spacial score (nSPS) is 13.8. The molecule has 0 saturated heterocycles. The molecule has 0 radical (unpaired) electrons. The minimum atomic E-state index is -0.0252. The summed E-state index contributed by atoms with van der Waals surface area (Å²) in [6.45, 7) is 1.83. The lowest BCUT2D eigenvalue weighted by atomic mass is 9.98. The van der Waals surface area contributed by atoms with Crippen molar-refractivity contribution in [3.8, 4) is 0 Å². The summed E-state index contributed by atoms with van der Waals surface area (Å²) >= 11 is 1.74. The molecule has 0 unspecified atom stereocenters. The molecule has 86 valence electrons. The molecule has 0 nitrogen and oxygen atoms in total. The Morgan fingerprint density at radius 1 is 1.06 bits per heavy atom. The first-order valence-corrected chi connectivity index (χ1v) is 6.72. The van der Waals surface area contributed by atoms with Gasteiger partial charge >= 0.3 is 0 Å². The third kappa shape index (κ3) is 1.87. The van der Waals surface area contributed by atoms with Crippen LogP contribution < -0.4 is 0 Å². The third-order valence-corrected chi connectivity index (χ3v) is 4.40. The Morgan fingerprint density at radius 2 is 1.88 bits per heavy atom. The summed E-state index contributed by atoms with van der Waals surface area (Å²) in [5, 5.41) is 0. The zero-order valence-electron chi connectivity index (χ0n) is 9.66. The SMILES string of the molecule is Cc1ccc2c(c1F)CSc1ccccc1C2. The largest absolute Gasteiger partial charge is 0.206 e. The van der Waals surface area contributed by atoms with Crippen LogP contribution >= 0.6 is 11.8 Å². The van der Waals surface area contributed by atoms with Crippen LogP contribution in [0.25, 0.3) is 0 Å². The Morgan fingerprint density at radius 3 is 2.76 bits per heavy atom. The van der Waals surface area contributed by atoms with Crippen molar-refractivity contribution >= 4 is 11.8 Å². The fourth-order valence-electron chi connectivity index (χ4n) is 2.25. The second-order valence-electron chi connectivity index (χ2n) is 4.41. The zero-order valence-corrected chi connectivity index (χ0v) is 10.5. The molecule has 0 aromatic heterocycles. The van der Waals surface area contributed by atoms with Gasteiger partial charge in [-0.1, -0.05) is 30.3 Å². The fraction of sp³-hybridized carbons (Fsp3) is 0.200. The van der Waals surface area contributed by atoms with Gasteiger partial charge < -0.3 is 0 Å². The maximum atomic E-state index is 14.1. The standard InChI is InChI=1S/C15H13FS/c1-10-6-7-11-8-12-4-2-3-5-14(12)17-9-13(11)15(10)16/h2-7H,8-9H2,1H3. The highest BCUT2D eigenvalue weighted by atomic mass is 32.2. The lowest BCUT2D eigenvalue weighted by Crippen LogP contribution is -1.97. The van der Waals surface area contributed by atoms with Crippen LogP contribution in [0.2, 0.25) is 0 Å². The summed E-state index contributed by atoms with van der Waals surface area (Å²) in [4.78, 5) is 1.28. The Bertz CT molecular complexity index is 575. The van der Waals surface area contributed by atoms with Gasteiger partial charge in [0.1, 0.15) is 5.82 Å². The van der Waals surface area contributed by atoms with Gasteiger partial charge in [-0.25, -0.2) is 4.39 Å². The van der Waals surface area contributed by atoms with Crippen molar-refractivity contribution in [1.82, 2.24) is 0 Å². The first-order chi connectivity index (χ1) is 8.25. The van der Waals surface area contributed by atoms with Crippen LogP contribution in [-0.4, -0.2) is 0 Å². The molecular weight excluding hydrogens is 231 g/mol. The average molecular weight is 244 g/mol. The minimum absolute atomic E-state index is 0.0252. The molecule has 3 rings (SSSR count). The van der Waals surface area contributed by atoms with Crippen LogP contribution in [0, 0.1) is 12.7 Å². The molecule has 0 bridgehead atoms. The summed E-state index contributed by atoms with van der Waals surface area (Å²) in [5.41, 5.74) is 4.06. The van der Waals surface area contributed by atoms with Crippen LogP contribution in [0.15, 0.2) is 41.3 Å². The molecule has 0 saturated carbocycles. The van der Waals surface area contributed by atoms with Crippen molar-refractivity contribution in [2.45, 2.75) is 24.0 Å². The molecule has 1 heterocycles. The third-order valence-electron chi connectivity index (χ3n) is 3.26. The maximum absolute atomic E-state index is 14.1. The van der Waals surface area contributed by atoms with Crippen molar-refractivity contribution in [1.29, 1.82) is 0 Å². The Balaban J connectivity index is 2.13. The maximum Gasteiger partial charge on any atom is 0.130 e.